The first-order valence-corrected chi connectivity index (χ1v) is 8.96. The maximum absolute atomic E-state index is 12.4. The van der Waals surface area contributed by atoms with E-state index in [0.29, 0.717) is 18.7 Å². The fourth-order valence-corrected chi connectivity index (χ4v) is 3.41. The molecule has 0 bridgehead atoms. The van der Waals surface area contributed by atoms with Crippen molar-refractivity contribution >= 4 is 11.9 Å². The van der Waals surface area contributed by atoms with Crippen LogP contribution in [0.2, 0.25) is 0 Å². The maximum atomic E-state index is 12.4. The molecule has 1 saturated heterocycles. The van der Waals surface area contributed by atoms with Crippen LogP contribution in [-0.2, 0) is 17.9 Å². The van der Waals surface area contributed by atoms with E-state index in [1.807, 2.05) is 36.5 Å². The Bertz CT molecular complexity index is 785. The van der Waals surface area contributed by atoms with E-state index in [4.69, 9.17) is 5.73 Å². The molecule has 3 heterocycles. The zero-order valence-electron chi connectivity index (χ0n) is 15.1. The zero-order chi connectivity index (χ0) is 18.5. The number of nitrogens with two attached hydrogens (primary N) is 1. The number of H-pyrrole nitrogens is 1. The molecule has 26 heavy (non-hydrogen) atoms. The minimum absolute atomic E-state index is 0.131. The van der Waals surface area contributed by atoms with Crippen LogP contribution in [0, 0.1) is 0 Å². The van der Waals surface area contributed by atoms with Gasteiger partial charge in [0.05, 0.1) is 5.69 Å². The van der Waals surface area contributed by atoms with E-state index in [2.05, 4.69) is 19.4 Å². The SMILES string of the molecule is CN(Cc1cc(=O)[nH]c(N)n1)[C@@H]1CCN(C(=O)CCCn2cccc2)C1. The third-order valence-corrected chi connectivity index (χ3v) is 4.84. The van der Waals surface area contributed by atoms with E-state index < -0.39 is 0 Å². The molecule has 0 radical (unpaired) electrons. The standard InChI is InChI=1S/C18H26N6O2/c1-22(12-14-11-16(25)21-18(19)20-14)15-6-10-24(13-15)17(26)5-4-9-23-7-2-3-8-23/h2-3,7-8,11,15H,4-6,9-10,12-13H2,1H3,(H3,19,20,21,25)/t15-/m1/s1. The van der Waals surface area contributed by atoms with E-state index in [9.17, 15) is 9.59 Å². The number of nitrogens with zero attached hydrogens (tertiary/aromatic N) is 4. The summed E-state index contributed by atoms with van der Waals surface area (Å²) < 4.78 is 2.09. The Kier molecular flexibility index (Phi) is 5.72. The number of hydrogen-bond donors (Lipinski definition) is 2. The molecule has 0 unspecified atom stereocenters. The summed E-state index contributed by atoms with van der Waals surface area (Å²) in [5.74, 6) is 0.346. The molecule has 0 aromatic carbocycles. The predicted molar refractivity (Wildman–Crippen MR) is 99.4 cm³/mol. The van der Waals surface area contributed by atoms with Crippen LogP contribution in [0.4, 0.5) is 5.95 Å². The Morgan fingerprint density at radius 3 is 2.92 bits per heavy atom. The van der Waals surface area contributed by atoms with Gasteiger partial charge in [-0.15, -0.1) is 0 Å². The van der Waals surface area contributed by atoms with Crippen LogP contribution in [0.3, 0.4) is 0 Å². The molecule has 3 N–H and O–H groups in total. The van der Waals surface area contributed by atoms with Crippen molar-refractivity contribution in [3.8, 4) is 0 Å². The summed E-state index contributed by atoms with van der Waals surface area (Å²) in [6, 6.07) is 5.72. The van der Waals surface area contributed by atoms with Gasteiger partial charge < -0.3 is 15.2 Å². The molecule has 1 atom stereocenters. The second-order valence-corrected chi connectivity index (χ2v) is 6.84. The highest BCUT2D eigenvalue weighted by atomic mass is 16.2. The first-order chi connectivity index (χ1) is 12.5. The summed E-state index contributed by atoms with van der Waals surface area (Å²) in [6.07, 6.45) is 6.38. The number of aryl methyl sites for hydroxylation is 1. The first-order valence-electron chi connectivity index (χ1n) is 8.96. The molecule has 0 spiro atoms. The summed E-state index contributed by atoms with van der Waals surface area (Å²) in [5.41, 5.74) is 5.99. The number of likely N-dealkylation sites (tertiary alicyclic amines) is 1. The Balaban J connectivity index is 1.46. The van der Waals surface area contributed by atoms with Crippen LogP contribution < -0.4 is 11.3 Å². The highest BCUT2D eigenvalue weighted by Crippen LogP contribution is 2.17. The van der Waals surface area contributed by atoms with Gasteiger partial charge in [0.25, 0.3) is 5.56 Å². The number of rotatable bonds is 7. The van der Waals surface area contributed by atoms with Crippen LogP contribution in [0.1, 0.15) is 25.0 Å². The lowest BCUT2D eigenvalue weighted by Crippen LogP contribution is -2.36. The fraction of sp³-hybridized carbons (Fsp3) is 0.500. The number of nitrogens with one attached hydrogen (secondary N) is 1. The Morgan fingerprint density at radius 2 is 2.19 bits per heavy atom. The molecule has 0 aliphatic carbocycles. The molecule has 1 aliphatic heterocycles. The summed E-state index contributed by atoms with van der Waals surface area (Å²) in [4.78, 5) is 34.6. The lowest BCUT2D eigenvalue weighted by atomic mass is 10.2. The minimum Gasteiger partial charge on any atom is -0.369 e. The molecule has 1 amide bonds. The van der Waals surface area contributed by atoms with Gasteiger partial charge in [-0.2, -0.15) is 0 Å². The molecule has 0 saturated carbocycles. The average molecular weight is 358 g/mol. The van der Waals surface area contributed by atoms with Gasteiger partial charge in [0.1, 0.15) is 0 Å². The third kappa shape index (κ3) is 4.72. The average Bonchev–Trinajstić information content (AvgIpc) is 3.25. The van der Waals surface area contributed by atoms with Gasteiger partial charge in [-0.05, 0) is 32.0 Å². The number of hydrogen-bond acceptors (Lipinski definition) is 5. The highest BCUT2D eigenvalue weighted by molar-refractivity contribution is 5.76. The smallest absolute Gasteiger partial charge is 0.252 e. The van der Waals surface area contributed by atoms with Crippen molar-refractivity contribution in [3.63, 3.8) is 0 Å². The van der Waals surface area contributed by atoms with Crippen molar-refractivity contribution in [2.45, 2.75) is 38.4 Å². The number of amides is 1. The van der Waals surface area contributed by atoms with Crippen molar-refractivity contribution in [1.82, 2.24) is 24.3 Å². The van der Waals surface area contributed by atoms with Crippen molar-refractivity contribution in [1.29, 1.82) is 0 Å². The van der Waals surface area contributed by atoms with Crippen molar-refractivity contribution in [2.24, 2.45) is 0 Å². The molecule has 1 aliphatic rings. The number of anilines is 1. The molecule has 140 valence electrons. The van der Waals surface area contributed by atoms with E-state index >= 15 is 0 Å². The van der Waals surface area contributed by atoms with Crippen molar-refractivity contribution in [3.05, 3.63) is 46.6 Å². The second-order valence-electron chi connectivity index (χ2n) is 6.84. The van der Waals surface area contributed by atoms with E-state index in [1.165, 1.54) is 6.07 Å². The molecular formula is C18H26N6O2. The molecular weight excluding hydrogens is 332 g/mol. The second kappa shape index (κ2) is 8.18. The summed E-state index contributed by atoms with van der Waals surface area (Å²) in [6.45, 7) is 2.90. The van der Waals surface area contributed by atoms with Crippen molar-refractivity contribution in [2.75, 3.05) is 25.9 Å². The number of nitrogen functional groups attached to an aromatic ring is 1. The van der Waals surface area contributed by atoms with Gasteiger partial charge in [-0.25, -0.2) is 4.98 Å². The first kappa shape index (κ1) is 18.2. The number of aromatic amines is 1. The van der Waals surface area contributed by atoms with E-state index in [-0.39, 0.29) is 23.5 Å². The zero-order valence-corrected chi connectivity index (χ0v) is 15.1. The van der Waals surface area contributed by atoms with Gasteiger partial charge in [0, 0.05) is 57.1 Å². The summed E-state index contributed by atoms with van der Waals surface area (Å²) >= 11 is 0. The number of carbonyl (C=O) groups excluding carboxylic acids is 1. The number of carbonyl (C=O) groups is 1. The molecule has 8 nitrogen and oxygen atoms in total. The van der Waals surface area contributed by atoms with Gasteiger partial charge in [-0.1, -0.05) is 0 Å². The number of aromatic nitrogens is 3. The van der Waals surface area contributed by atoms with Crippen molar-refractivity contribution < 1.29 is 4.79 Å². The maximum Gasteiger partial charge on any atom is 0.252 e. The quantitative estimate of drug-likeness (QED) is 0.758. The fourth-order valence-electron chi connectivity index (χ4n) is 3.41. The van der Waals surface area contributed by atoms with Crippen LogP contribution in [0.5, 0.6) is 0 Å². The highest BCUT2D eigenvalue weighted by Gasteiger charge is 2.28. The van der Waals surface area contributed by atoms with Crippen LogP contribution in [0.25, 0.3) is 0 Å². The van der Waals surface area contributed by atoms with Gasteiger partial charge >= 0.3 is 0 Å². The molecule has 8 heteroatoms. The predicted octanol–water partition coefficient (Wildman–Crippen LogP) is 0.667. The van der Waals surface area contributed by atoms with Gasteiger partial charge in [0.15, 0.2) is 0 Å². The normalized spacial score (nSPS) is 17.2. The van der Waals surface area contributed by atoms with E-state index in [0.717, 1.165) is 32.5 Å². The summed E-state index contributed by atoms with van der Waals surface area (Å²) in [5, 5.41) is 0. The topological polar surface area (TPSA) is 100 Å². The van der Waals surface area contributed by atoms with Gasteiger partial charge in [-0.3, -0.25) is 19.5 Å². The number of likely N-dealkylation sites (N-methyl/N-ethyl adjacent to an activating group) is 1. The Morgan fingerprint density at radius 1 is 1.42 bits per heavy atom. The van der Waals surface area contributed by atoms with Crippen LogP contribution in [0.15, 0.2) is 35.4 Å². The van der Waals surface area contributed by atoms with Gasteiger partial charge in [0.2, 0.25) is 11.9 Å². The van der Waals surface area contributed by atoms with Crippen LogP contribution >= 0.6 is 0 Å². The molecule has 1 fully saturated rings. The molecule has 2 aromatic rings. The summed E-state index contributed by atoms with van der Waals surface area (Å²) in [7, 11) is 1.99. The lowest BCUT2D eigenvalue weighted by Gasteiger charge is -2.24. The Hall–Kier alpha value is -2.61. The third-order valence-electron chi connectivity index (χ3n) is 4.84. The Labute approximate surface area is 152 Å². The monoisotopic (exact) mass is 358 g/mol. The lowest BCUT2D eigenvalue weighted by molar-refractivity contribution is -0.130. The largest absolute Gasteiger partial charge is 0.369 e. The minimum atomic E-state index is -0.244. The van der Waals surface area contributed by atoms with Crippen LogP contribution in [-0.4, -0.2) is 56.4 Å². The molecule has 3 rings (SSSR count). The van der Waals surface area contributed by atoms with E-state index in [1.54, 1.807) is 0 Å². The molecule has 2 aromatic heterocycles.